The number of benzene rings is 1. The molecule has 0 spiro atoms. The van der Waals surface area contributed by atoms with Crippen LogP contribution in [0.2, 0.25) is 0 Å². The van der Waals surface area contributed by atoms with Gasteiger partial charge in [-0.25, -0.2) is 0 Å². The van der Waals surface area contributed by atoms with Gasteiger partial charge >= 0.3 is 0 Å². The van der Waals surface area contributed by atoms with Crippen molar-refractivity contribution in [3.8, 4) is 5.75 Å². The molecule has 1 aliphatic rings. The number of nitrogens with zero attached hydrogens (tertiary/aromatic N) is 4. The van der Waals surface area contributed by atoms with Gasteiger partial charge in [-0.1, -0.05) is 0 Å². The maximum Gasteiger partial charge on any atom is 0.147 e. The van der Waals surface area contributed by atoms with Crippen molar-refractivity contribution in [1.82, 2.24) is 19.7 Å². The number of nitrogens with two attached hydrogens (primary N) is 1. The molecule has 0 amide bonds. The molecule has 0 saturated heterocycles. The van der Waals surface area contributed by atoms with E-state index in [2.05, 4.69) is 19.7 Å². The van der Waals surface area contributed by atoms with E-state index in [4.69, 9.17) is 5.73 Å². The molecular formula is C12H15N5O. The standard InChI is InChI=1S/C12H15N5O/c13-10-1-2-11(18)9(5-10)6-16-3-4-17-8-14-15-12(17)7-16/h1-2,5,8,18H,3-4,6-7,13H2. The quantitative estimate of drug-likeness (QED) is 0.597. The lowest BCUT2D eigenvalue weighted by atomic mass is 10.1. The minimum atomic E-state index is 0.288. The number of hydrogen-bond donors (Lipinski definition) is 2. The first-order chi connectivity index (χ1) is 8.72. The van der Waals surface area contributed by atoms with Gasteiger partial charge in [0.25, 0.3) is 0 Å². The third-order valence-corrected chi connectivity index (χ3v) is 3.22. The summed E-state index contributed by atoms with van der Waals surface area (Å²) in [6.45, 7) is 3.21. The van der Waals surface area contributed by atoms with Crippen LogP contribution >= 0.6 is 0 Å². The van der Waals surface area contributed by atoms with Crippen LogP contribution in [0.5, 0.6) is 5.75 Å². The number of phenols is 1. The molecule has 1 aromatic heterocycles. The Kier molecular flexibility index (Phi) is 2.64. The molecule has 2 heterocycles. The highest BCUT2D eigenvalue weighted by Gasteiger charge is 2.18. The van der Waals surface area contributed by atoms with E-state index >= 15 is 0 Å². The van der Waals surface area contributed by atoms with E-state index in [-0.39, 0.29) is 5.75 Å². The zero-order valence-corrected chi connectivity index (χ0v) is 9.95. The van der Waals surface area contributed by atoms with Crippen LogP contribution in [0.3, 0.4) is 0 Å². The molecule has 1 aliphatic heterocycles. The Morgan fingerprint density at radius 3 is 3.11 bits per heavy atom. The first-order valence-electron chi connectivity index (χ1n) is 5.89. The van der Waals surface area contributed by atoms with Crippen LogP contribution in [-0.4, -0.2) is 31.3 Å². The molecule has 3 N–H and O–H groups in total. The summed E-state index contributed by atoms with van der Waals surface area (Å²) in [5.41, 5.74) is 7.26. The summed E-state index contributed by atoms with van der Waals surface area (Å²) in [4.78, 5) is 2.22. The van der Waals surface area contributed by atoms with Gasteiger partial charge in [-0.3, -0.25) is 4.90 Å². The lowest BCUT2D eigenvalue weighted by Gasteiger charge is -2.27. The van der Waals surface area contributed by atoms with E-state index in [1.165, 1.54) is 0 Å². The largest absolute Gasteiger partial charge is 0.508 e. The number of nitrogen functional groups attached to an aromatic ring is 1. The van der Waals surface area contributed by atoms with Crippen LogP contribution < -0.4 is 5.73 Å². The number of rotatable bonds is 2. The normalized spacial score (nSPS) is 15.6. The van der Waals surface area contributed by atoms with Crippen molar-refractivity contribution < 1.29 is 5.11 Å². The van der Waals surface area contributed by atoms with Crippen LogP contribution in [0.4, 0.5) is 5.69 Å². The van der Waals surface area contributed by atoms with Crippen molar-refractivity contribution in [2.75, 3.05) is 12.3 Å². The Morgan fingerprint density at radius 1 is 1.33 bits per heavy atom. The number of anilines is 1. The Balaban J connectivity index is 1.76. The van der Waals surface area contributed by atoms with Crippen molar-refractivity contribution in [1.29, 1.82) is 0 Å². The number of aromatic hydroxyl groups is 1. The molecule has 6 nitrogen and oxygen atoms in total. The van der Waals surface area contributed by atoms with Gasteiger partial charge < -0.3 is 15.4 Å². The number of hydrogen-bond acceptors (Lipinski definition) is 5. The van der Waals surface area contributed by atoms with E-state index in [0.717, 1.165) is 31.0 Å². The predicted molar refractivity (Wildman–Crippen MR) is 66.7 cm³/mol. The van der Waals surface area contributed by atoms with E-state index in [1.54, 1.807) is 18.5 Å². The molecule has 1 aromatic carbocycles. The van der Waals surface area contributed by atoms with E-state index < -0.39 is 0 Å². The Labute approximate surface area is 105 Å². The third-order valence-electron chi connectivity index (χ3n) is 3.22. The highest BCUT2D eigenvalue weighted by molar-refractivity contribution is 5.47. The lowest BCUT2D eigenvalue weighted by Crippen LogP contribution is -2.33. The summed E-state index contributed by atoms with van der Waals surface area (Å²) in [5.74, 6) is 1.25. The van der Waals surface area contributed by atoms with E-state index in [1.807, 2.05) is 6.07 Å². The molecule has 0 aliphatic carbocycles. The van der Waals surface area contributed by atoms with Gasteiger partial charge in [-0.05, 0) is 18.2 Å². The van der Waals surface area contributed by atoms with Crippen LogP contribution in [-0.2, 0) is 19.6 Å². The fourth-order valence-electron chi connectivity index (χ4n) is 2.22. The molecule has 2 aromatic rings. The number of aromatic nitrogens is 3. The van der Waals surface area contributed by atoms with Gasteiger partial charge in [-0.2, -0.15) is 0 Å². The highest BCUT2D eigenvalue weighted by atomic mass is 16.3. The maximum atomic E-state index is 9.81. The van der Waals surface area contributed by atoms with Crippen molar-refractivity contribution in [3.05, 3.63) is 35.9 Å². The van der Waals surface area contributed by atoms with Crippen LogP contribution in [0, 0.1) is 0 Å². The number of phenolic OH excluding ortho intramolecular Hbond substituents is 1. The molecule has 94 valence electrons. The number of fused-ring (bicyclic) bond motifs is 1. The Hall–Kier alpha value is -2.08. The average Bonchev–Trinajstić information content (AvgIpc) is 2.81. The molecule has 6 heteroatoms. The molecule has 3 rings (SSSR count). The summed E-state index contributed by atoms with van der Waals surface area (Å²) in [7, 11) is 0. The van der Waals surface area contributed by atoms with Crippen molar-refractivity contribution in [2.45, 2.75) is 19.6 Å². The van der Waals surface area contributed by atoms with Crippen molar-refractivity contribution >= 4 is 5.69 Å². The van der Waals surface area contributed by atoms with E-state index in [9.17, 15) is 5.11 Å². The van der Waals surface area contributed by atoms with Crippen molar-refractivity contribution in [3.63, 3.8) is 0 Å². The average molecular weight is 245 g/mol. The van der Waals surface area contributed by atoms with Crippen LogP contribution in [0.25, 0.3) is 0 Å². The first kappa shape index (κ1) is 11.0. The zero-order chi connectivity index (χ0) is 12.5. The second kappa shape index (κ2) is 4.30. The smallest absolute Gasteiger partial charge is 0.147 e. The van der Waals surface area contributed by atoms with Crippen molar-refractivity contribution in [2.24, 2.45) is 0 Å². The molecule has 0 saturated carbocycles. The molecule has 0 bridgehead atoms. The fourth-order valence-corrected chi connectivity index (χ4v) is 2.22. The lowest BCUT2D eigenvalue weighted by molar-refractivity contribution is 0.206. The summed E-state index contributed by atoms with van der Waals surface area (Å²) >= 11 is 0. The van der Waals surface area contributed by atoms with Gasteiger partial charge in [0, 0.05) is 30.9 Å². The minimum absolute atomic E-state index is 0.288. The maximum absolute atomic E-state index is 9.81. The van der Waals surface area contributed by atoms with E-state index in [0.29, 0.717) is 12.2 Å². The predicted octanol–water partition coefficient (Wildman–Crippen LogP) is 0.582. The monoisotopic (exact) mass is 245 g/mol. The van der Waals surface area contributed by atoms with Gasteiger partial charge in [0.1, 0.15) is 17.9 Å². The molecule has 0 unspecified atom stereocenters. The SMILES string of the molecule is Nc1ccc(O)c(CN2CCn3cnnc3C2)c1. The fraction of sp³-hybridized carbons (Fsp3) is 0.333. The summed E-state index contributed by atoms with van der Waals surface area (Å²) in [6, 6.07) is 5.15. The van der Waals surface area contributed by atoms with Crippen LogP contribution in [0.15, 0.2) is 24.5 Å². The zero-order valence-electron chi connectivity index (χ0n) is 9.95. The Bertz CT molecular complexity index is 565. The third kappa shape index (κ3) is 2.02. The second-order valence-corrected chi connectivity index (χ2v) is 4.54. The van der Waals surface area contributed by atoms with Gasteiger partial charge in [0.05, 0.1) is 6.54 Å². The van der Waals surface area contributed by atoms with Gasteiger partial charge in [-0.15, -0.1) is 10.2 Å². The molecular weight excluding hydrogens is 230 g/mol. The van der Waals surface area contributed by atoms with Crippen LogP contribution in [0.1, 0.15) is 11.4 Å². The highest BCUT2D eigenvalue weighted by Crippen LogP contribution is 2.23. The Morgan fingerprint density at radius 2 is 2.22 bits per heavy atom. The molecule has 18 heavy (non-hydrogen) atoms. The summed E-state index contributed by atoms with van der Waals surface area (Å²) in [5, 5.41) is 17.8. The van der Waals surface area contributed by atoms with Gasteiger partial charge in [0.15, 0.2) is 0 Å². The second-order valence-electron chi connectivity index (χ2n) is 4.54. The summed E-state index contributed by atoms with van der Waals surface area (Å²) < 4.78 is 2.05. The molecule has 0 atom stereocenters. The molecule has 0 fully saturated rings. The molecule has 0 radical (unpaired) electrons. The minimum Gasteiger partial charge on any atom is -0.508 e. The first-order valence-corrected chi connectivity index (χ1v) is 5.89. The summed E-state index contributed by atoms with van der Waals surface area (Å²) in [6.07, 6.45) is 1.75. The topological polar surface area (TPSA) is 80.2 Å². The van der Waals surface area contributed by atoms with Gasteiger partial charge in [0.2, 0.25) is 0 Å².